The van der Waals surface area contributed by atoms with Crippen LogP contribution in [0.3, 0.4) is 0 Å². The van der Waals surface area contributed by atoms with Crippen molar-refractivity contribution in [2.24, 2.45) is 5.14 Å². The first kappa shape index (κ1) is 16.6. The van der Waals surface area contributed by atoms with E-state index in [0.29, 0.717) is 6.61 Å². The number of hydrogen-bond acceptors (Lipinski definition) is 5. The van der Waals surface area contributed by atoms with Crippen molar-refractivity contribution in [3.63, 3.8) is 0 Å². The third-order valence-corrected chi connectivity index (χ3v) is 4.97. The van der Waals surface area contributed by atoms with Crippen LogP contribution in [-0.4, -0.2) is 35.2 Å². The first-order chi connectivity index (χ1) is 11.5. The van der Waals surface area contributed by atoms with E-state index in [4.69, 9.17) is 14.6 Å². The van der Waals surface area contributed by atoms with Gasteiger partial charge in [-0.05, 0) is 54.4 Å². The van der Waals surface area contributed by atoms with E-state index in [0.717, 1.165) is 42.3 Å². The summed E-state index contributed by atoms with van der Waals surface area (Å²) in [6, 6.07) is 12.5. The summed E-state index contributed by atoms with van der Waals surface area (Å²) in [5.41, 5.74) is 2.05. The first-order valence-corrected chi connectivity index (χ1v) is 9.19. The van der Waals surface area contributed by atoms with Crippen LogP contribution in [0, 0.1) is 0 Å². The predicted molar refractivity (Wildman–Crippen MR) is 92.2 cm³/mol. The summed E-state index contributed by atoms with van der Waals surface area (Å²) < 4.78 is 33.7. The largest absolute Gasteiger partial charge is 0.497 e. The lowest BCUT2D eigenvalue weighted by molar-refractivity contribution is 0.323. The van der Waals surface area contributed by atoms with E-state index in [1.165, 1.54) is 0 Å². The molecule has 1 aliphatic heterocycles. The van der Waals surface area contributed by atoms with Gasteiger partial charge in [0.15, 0.2) is 0 Å². The molecule has 128 valence electrons. The van der Waals surface area contributed by atoms with Gasteiger partial charge in [-0.1, -0.05) is 0 Å². The van der Waals surface area contributed by atoms with E-state index in [2.05, 4.69) is 4.90 Å². The lowest BCUT2D eigenvalue weighted by Gasteiger charge is -2.19. The standard InChI is InChI=1S/C17H20N2O4S/c1-22-14-2-4-15(5-3-14)23-11-10-19-9-8-13-12-16(24(18,20)21)6-7-17(13)19/h2-7,12H,8-11H2,1H3,(H2,18,20,21). The number of nitrogens with two attached hydrogens (primary N) is 1. The van der Waals surface area contributed by atoms with E-state index in [1.54, 1.807) is 19.2 Å². The molecule has 2 N–H and O–H groups in total. The summed E-state index contributed by atoms with van der Waals surface area (Å²) in [4.78, 5) is 2.35. The summed E-state index contributed by atoms with van der Waals surface area (Å²) in [5, 5.41) is 5.18. The lowest BCUT2D eigenvalue weighted by atomic mass is 10.2. The quantitative estimate of drug-likeness (QED) is 0.860. The van der Waals surface area contributed by atoms with Crippen molar-refractivity contribution in [2.75, 3.05) is 31.7 Å². The Morgan fingerprint density at radius 1 is 1.12 bits per heavy atom. The molecule has 0 saturated carbocycles. The Labute approximate surface area is 141 Å². The third kappa shape index (κ3) is 3.63. The molecule has 0 saturated heterocycles. The topological polar surface area (TPSA) is 81.9 Å². The Morgan fingerprint density at radius 2 is 1.83 bits per heavy atom. The Morgan fingerprint density at radius 3 is 2.50 bits per heavy atom. The van der Waals surface area contributed by atoms with E-state index >= 15 is 0 Å². The molecule has 0 aliphatic carbocycles. The predicted octanol–water partition coefficient (Wildman–Crippen LogP) is 1.78. The van der Waals surface area contributed by atoms with Crippen molar-refractivity contribution in [1.82, 2.24) is 0 Å². The Bertz CT molecular complexity index is 819. The summed E-state index contributed by atoms with van der Waals surface area (Å²) in [6.07, 6.45) is 0.807. The SMILES string of the molecule is COc1ccc(OCCN2CCc3cc(S(N)(=O)=O)ccc32)cc1. The fraction of sp³-hybridized carbons (Fsp3) is 0.294. The summed E-state index contributed by atoms with van der Waals surface area (Å²) in [7, 11) is -2.03. The fourth-order valence-corrected chi connectivity index (χ4v) is 3.37. The number of anilines is 1. The molecule has 0 aromatic heterocycles. The highest BCUT2D eigenvalue weighted by atomic mass is 32.2. The molecule has 0 fully saturated rings. The molecule has 0 bridgehead atoms. The molecule has 0 radical (unpaired) electrons. The number of methoxy groups -OCH3 is 1. The number of ether oxygens (including phenoxy) is 2. The molecule has 2 aromatic carbocycles. The number of rotatable bonds is 6. The molecule has 3 rings (SSSR count). The number of benzene rings is 2. The van der Waals surface area contributed by atoms with Crippen LogP contribution in [0.25, 0.3) is 0 Å². The maximum atomic E-state index is 11.4. The maximum absolute atomic E-state index is 11.4. The van der Waals surface area contributed by atoms with Crippen LogP contribution < -0.4 is 19.5 Å². The molecule has 0 atom stereocenters. The van der Waals surface area contributed by atoms with Crippen molar-refractivity contribution < 1.29 is 17.9 Å². The van der Waals surface area contributed by atoms with Gasteiger partial charge in [0.1, 0.15) is 18.1 Å². The zero-order chi connectivity index (χ0) is 17.2. The summed E-state index contributed by atoms with van der Waals surface area (Å²) >= 11 is 0. The Balaban J connectivity index is 1.60. The number of fused-ring (bicyclic) bond motifs is 1. The normalized spacial score (nSPS) is 13.7. The highest BCUT2D eigenvalue weighted by molar-refractivity contribution is 7.89. The molecule has 1 heterocycles. The molecular weight excluding hydrogens is 328 g/mol. The van der Waals surface area contributed by atoms with Crippen LogP contribution in [0.4, 0.5) is 5.69 Å². The van der Waals surface area contributed by atoms with Crippen LogP contribution in [-0.2, 0) is 16.4 Å². The smallest absolute Gasteiger partial charge is 0.238 e. The second kappa shape index (κ2) is 6.70. The molecular formula is C17H20N2O4S. The van der Waals surface area contributed by atoms with Crippen molar-refractivity contribution in [3.8, 4) is 11.5 Å². The van der Waals surface area contributed by atoms with Crippen LogP contribution in [0.5, 0.6) is 11.5 Å². The summed E-state index contributed by atoms with van der Waals surface area (Å²) in [6.45, 7) is 2.12. The maximum Gasteiger partial charge on any atom is 0.238 e. The highest BCUT2D eigenvalue weighted by Crippen LogP contribution is 2.29. The second-order valence-electron chi connectivity index (χ2n) is 5.60. The van der Waals surface area contributed by atoms with Crippen molar-refractivity contribution in [2.45, 2.75) is 11.3 Å². The van der Waals surface area contributed by atoms with E-state index in [-0.39, 0.29) is 4.90 Å². The van der Waals surface area contributed by atoms with Gasteiger partial charge in [0.2, 0.25) is 10.0 Å². The lowest BCUT2D eigenvalue weighted by Crippen LogP contribution is -2.26. The molecule has 7 heteroatoms. The van der Waals surface area contributed by atoms with Gasteiger partial charge < -0.3 is 14.4 Å². The van der Waals surface area contributed by atoms with Gasteiger partial charge in [-0.2, -0.15) is 0 Å². The van der Waals surface area contributed by atoms with Crippen molar-refractivity contribution in [3.05, 3.63) is 48.0 Å². The van der Waals surface area contributed by atoms with E-state index < -0.39 is 10.0 Å². The average molecular weight is 348 g/mol. The highest BCUT2D eigenvalue weighted by Gasteiger charge is 2.21. The molecule has 24 heavy (non-hydrogen) atoms. The monoisotopic (exact) mass is 348 g/mol. The van der Waals surface area contributed by atoms with Gasteiger partial charge >= 0.3 is 0 Å². The van der Waals surface area contributed by atoms with Crippen LogP contribution in [0.2, 0.25) is 0 Å². The number of nitrogens with zero attached hydrogens (tertiary/aromatic N) is 1. The van der Waals surface area contributed by atoms with Gasteiger partial charge in [-0.25, -0.2) is 13.6 Å². The minimum absolute atomic E-state index is 0.164. The van der Waals surface area contributed by atoms with Gasteiger partial charge in [0, 0.05) is 12.2 Å². The van der Waals surface area contributed by atoms with Gasteiger partial charge in [-0.15, -0.1) is 0 Å². The zero-order valence-electron chi connectivity index (χ0n) is 13.4. The molecule has 1 aliphatic rings. The molecule has 0 unspecified atom stereocenters. The fourth-order valence-electron chi connectivity index (χ4n) is 2.80. The number of hydrogen-bond donors (Lipinski definition) is 1. The van der Waals surface area contributed by atoms with Crippen LogP contribution in [0.1, 0.15) is 5.56 Å². The van der Waals surface area contributed by atoms with E-state index in [9.17, 15) is 8.42 Å². The number of primary sulfonamides is 1. The molecule has 2 aromatic rings. The van der Waals surface area contributed by atoms with Crippen LogP contribution in [0.15, 0.2) is 47.4 Å². The molecule has 0 spiro atoms. The molecule has 0 amide bonds. The minimum atomic E-state index is -3.65. The van der Waals surface area contributed by atoms with Gasteiger partial charge in [-0.3, -0.25) is 0 Å². The van der Waals surface area contributed by atoms with Crippen molar-refractivity contribution in [1.29, 1.82) is 0 Å². The van der Waals surface area contributed by atoms with Crippen LogP contribution >= 0.6 is 0 Å². The summed E-state index contributed by atoms with van der Waals surface area (Å²) in [5.74, 6) is 1.58. The van der Waals surface area contributed by atoms with E-state index in [1.807, 2.05) is 30.3 Å². The first-order valence-electron chi connectivity index (χ1n) is 7.65. The van der Waals surface area contributed by atoms with Gasteiger partial charge in [0.25, 0.3) is 0 Å². The van der Waals surface area contributed by atoms with Gasteiger partial charge in [0.05, 0.1) is 18.6 Å². The Hall–Kier alpha value is -2.25. The zero-order valence-corrected chi connectivity index (χ0v) is 14.3. The number of sulfonamides is 1. The third-order valence-electron chi connectivity index (χ3n) is 4.06. The Kier molecular flexibility index (Phi) is 4.64. The average Bonchev–Trinajstić information content (AvgIpc) is 2.97. The molecule has 6 nitrogen and oxygen atoms in total. The second-order valence-corrected chi connectivity index (χ2v) is 7.16. The minimum Gasteiger partial charge on any atom is -0.497 e. The van der Waals surface area contributed by atoms with Crippen molar-refractivity contribution >= 4 is 15.7 Å².